The molecule has 1 aliphatic rings. The first kappa shape index (κ1) is 23.6. The van der Waals surface area contributed by atoms with Crippen LogP contribution in [0.4, 0.5) is 13.2 Å². The van der Waals surface area contributed by atoms with Gasteiger partial charge in [-0.2, -0.15) is 4.31 Å². The van der Waals surface area contributed by atoms with Gasteiger partial charge in [0.05, 0.1) is 16.8 Å². The van der Waals surface area contributed by atoms with Gasteiger partial charge in [0.1, 0.15) is 16.5 Å². The number of aliphatic hydroxyl groups is 1. The molecule has 1 saturated heterocycles. The fraction of sp³-hybridized carbons (Fsp3) is 0.286. The van der Waals surface area contributed by atoms with Crippen LogP contribution in [0.5, 0.6) is 5.75 Å². The van der Waals surface area contributed by atoms with Gasteiger partial charge in [-0.1, -0.05) is 23.7 Å². The first-order valence-corrected chi connectivity index (χ1v) is 11.7. The number of imidazole rings is 1. The van der Waals surface area contributed by atoms with Gasteiger partial charge in [0.25, 0.3) is 0 Å². The highest BCUT2D eigenvalue weighted by Gasteiger charge is 2.32. The van der Waals surface area contributed by atoms with E-state index < -0.39 is 22.5 Å². The van der Waals surface area contributed by atoms with Gasteiger partial charge in [-0.05, 0) is 43.2 Å². The Kier molecular flexibility index (Phi) is 6.41. The summed E-state index contributed by atoms with van der Waals surface area (Å²) in [6.45, 7) is 0.372. The second-order valence-corrected chi connectivity index (χ2v) is 9.80. The smallest absolute Gasteiger partial charge is 0.406 e. The number of aromatic nitrogens is 2. The van der Waals surface area contributed by atoms with E-state index in [2.05, 4.69) is 14.7 Å². The number of aliphatic hydroxyl groups excluding tert-OH is 1. The predicted octanol–water partition coefficient (Wildman–Crippen LogP) is 4.44. The number of piperidine rings is 1. The Morgan fingerprint density at radius 3 is 2.55 bits per heavy atom. The van der Waals surface area contributed by atoms with Crippen molar-refractivity contribution in [2.75, 3.05) is 13.1 Å². The maximum Gasteiger partial charge on any atom is 0.573 e. The summed E-state index contributed by atoms with van der Waals surface area (Å²) >= 11 is 6.20. The van der Waals surface area contributed by atoms with E-state index in [1.165, 1.54) is 40.8 Å². The molecule has 4 rings (SSSR count). The van der Waals surface area contributed by atoms with Crippen molar-refractivity contribution in [3.05, 3.63) is 53.7 Å². The van der Waals surface area contributed by atoms with Crippen LogP contribution in [0.15, 0.2) is 53.6 Å². The highest BCUT2D eigenvalue weighted by Crippen LogP contribution is 2.32. The van der Waals surface area contributed by atoms with Crippen LogP contribution >= 0.6 is 11.6 Å². The molecule has 1 aromatic heterocycles. The van der Waals surface area contributed by atoms with Gasteiger partial charge in [0.2, 0.25) is 10.0 Å². The Balaban J connectivity index is 1.63. The minimum absolute atomic E-state index is 0.0497. The number of ether oxygens (including phenoxy) is 1. The molecule has 0 radical (unpaired) electrons. The summed E-state index contributed by atoms with van der Waals surface area (Å²) < 4.78 is 68.9. The summed E-state index contributed by atoms with van der Waals surface area (Å²) in [6, 6.07) is 9.81. The Bertz CT molecular complexity index is 1260. The lowest BCUT2D eigenvalue weighted by Crippen LogP contribution is -2.40. The summed E-state index contributed by atoms with van der Waals surface area (Å²) in [6.07, 6.45) is -3.16. The highest BCUT2D eigenvalue weighted by atomic mass is 35.5. The van der Waals surface area contributed by atoms with E-state index in [1.807, 2.05) is 0 Å². The van der Waals surface area contributed by atoms with Crippen molar-refractivity contribution in [3.63, 3.8) is 0 Å². The molecule has 12 heteroatoms. The largest absolute Gasteiger partial charge is 0.573 e. The molecule has 0 saturated carbocycles. The molecule has 0 aliphatic carbocycles. The number of alkyl halides is 3. The van der Waals surface area contributed by atoms with E-state index >= 15 is 0 Å². The number of halogens is 4. The second kappa shape index (κ2) is 8.98. The Labute approximate surface area is 192 Å². The average Bonchev–Trinajstić information content (AvgIpc) is 3.23. The fourth-order valence-electron chi connectivity index (χ4n) is 3.54. The van der Waals surface area contributed by atoms with E-state index in [0.29, 0.717) is 35.5 Å². The van der Waals surface area contributed by atoms with E-state index in [1.54, 1.807) is 12.1 Å². The van der Waals surface area contributed by atoms with Gasteiger partial charge in [-0.25, -0.2) is 13.4 Å². The van der Waals surface area contributed by atoms with Crippen LogP contribution in [0, 0.1) is 0 Å². The number of hydrogen-bond acceptors (Lipinski definition) is 5. The number of sulfonamides is 1. The number of hydrogen-bond donors (Lipinski definition) is 2. The van der Waals surface area contributed by atoms with Gasteiger partial charge in [0.15, 0.2) is 0 Å². The van der Waals surface area contributed by atoms with Crippen molar-refractivity contribution in [2.24, 2.45) is 0 Å². The molecule has 0 amide bonds. The molecule has 7 nitrogen and oxygen atoms in total. The molecule has 0 unspecified atom stereocenters. The summed E-state index contributed by atoms with van der Waals surface area (Å²) in [5, 5.41) is 9.71. The molecule has 2 heterocycles. The third-order valence-electron chi connectivity index (χ3n) is 5.19. The van der Waals surface area contributed by atoms with Crippen molar-refractivity contribution >= 4 is 21.6 Å². The fourth-order valence-corrected chi connectivity index (χ4v) is 5.51. The van der Waals surface area contributed by atoms with Gasteiger partial charge in [-0.15, -0.1) is 13.2 Å². The molecule has 2 aromatic carbocycles. The van der Waals surface area contributed by atoms with Crippen LogP contribution in [-0.4, -0.2) is 53.4 Å². The summed E-state index contributed by atoms with van der Waals surface area (Å²) in [5.41, 5.74) is 1.17. The van der Waals surface area contributed by atoms with Crippen molar-refractivity contribution in [1.82, 2.24) is 14.3 Å². The van der Waals surface area contributed by atoms with Crippen molar-refractivity contribution in [2.45, 2.75) is 30.2 Å². The molecular formula is C21H19ClF3N3O4S. The Morgan fingerprint density at radius 1 is 1.12 bits per heavy atom. The van der Waals surface area contributed by atoms with Gasteiger partial charge >= 0.3 is 6.36 Å². The van der Waals surface area contributed by atoms with Gasteiger partial charge in [0, 0.05) is 30.4 Å². The zero-order chi connectivity index (χ0) is 23.8. The molecule has 0 bridgehead atoms. The molecule has 0 spiro atoms. The van der Waals surface area contributed by atoms with Crippen LogP contribution in [0.2, 0.25) is 5.02 Å². The van der Waals surface area contributed by atoms with Crippen molar-refractivity contribution < 1.29 is 31.4 Å². The molecule has 33 heavy (non-hydrogen) atoms. The normalized spacial score (nSPS) is 16.2. The number of rotatable bonds is 5. The van der Waals surface area contributed by atoms with E-state index in [-0.39, 0.29) is 28.8 Å². The molecule has 2 N–H and O–H groups in total. The minimum Gasteiger partial charge on any atom is -0.406 e. The first-order valence-electron chi connectivity index (χ1n) is 9.93. The highest BCUT2D eigenvalue weighted by molar-refractivity contribution is 7.89. The third-order valence-corrected chi connectivity index (χ3v) is 7.57. The first-order chi connectivity index (χ1) is 15.5. The third kappa shape index (κ3) is 5.32. The number of nitrogens with one attached hydrogen (secondary N) is 1. The maximum absolute atomic E-state index is 13.1. The molecule has 1 fully saturated rings. The number of aromatic amines is 1. The molecule has 3 aromatic rings. The predicted molar refractivity (Wildman–Crippen MR) is 115 cm³/mol. The number of benzene rings is 2. The van der Waals surface area contributed by atoms with Crippen LogP contribution in [-0.2, 0) is 10.0 Å². The van der Waals surface area contributed by atoms with E-state index in [0.717, 1.165) is 0 Å². The number of nitrogens with zero attached hydrogens (tertiary/aromatic N) is 2. The van der Waals surface area contributed by atoms with Crippen molar-refractivity contribution in [1.29, 1.82) is 0 Å². The summed E-state index contributed by atoms with van der Waals surface area (Å²) in [4.78, 5) is 7.21. The molecular weight excluding hydrogens is 483 g/mol. The zero-order valence-electron chi connectivity index (χ0n) is 17.0. The lowest BCUT2D eigenvalue weighted by molar-refractivity contribution is -0.274. The topological polar surface area (TPSA) is 95.5 Å². The minimum atomic E-state index is -4.81. The molecule has 0 atom stereocenters. The SMILES string of the molecule is O=S(=O)(c1cc(-c2nc(-c3cccc(OC(F)(F)F)c3)c[nH]2)ccc1Cl)N1CCC(O)CC1. The van der Waals surface area contributed by atoms with Crippen LogP contribution in [0.3, 0.4) is 0 Å². The summed E-state index contributed by atoms with van der Waals surface area (Å²) in [5.74, 6) is -0.0644. The van der Waals surface area contributed by atoms with Crippen LogP contribution < -0.4 is 4.74 Å². The number of H-pyrrole nitrogens is 1. The van der Waals surface area contributed by atoms with Gasteiger partial charge in [-0.3, -0.25) is 0 Å². The standard InChI is InChI=1S/C21H19ClF3N3O4S/c22-17-5-4-14(11-19(17)33(30,31)28-8-6-15(29)7-9-28)20-26-12-18(27-20)13-2-1-3-16(10-13)32-21(23,24)25/h1-5,10-12,15,29H,6-9H2,(H,26,27). The van der Waals surface area contributed by atoms with Gasteiger partial charge < -0.3 is 14.8 Å². The van der Waals surface area contributed by atoms with Crippen molar-refractivity contribution in [3.8, 4) is 28.4 Å². The van der Waals surface area contributed by atoms with Crippen LogP contribution in [0.25, 0.3) is 22.6 Å². The van der Waals surface area contributed by atoms with Crippen LogP contribution in [0.1, 0.15) is 12.8 Å². The lowest BCUT2D eigenvalue weighted by atomic mass is 10.1. The summed E-state index contributed by atoms with van der Waals surface area (Å²) in [7, 11) is -3.89. The molecule has 1 aliphatic heterocycles. The second-order valence-electron chi connectivity index (χ2n) is 7.49. The van der Waals surface area contributed by atoms with E-state index in [4.69, 9.17) is 11.6 Å². The quantitative estimate of drug-likeness (QED) is 0.539. The average molecular weight is 502 g/mol. The molecule has 176 valence electrons. The lowest BCUT2D eigenvalue weighted by Gasteiger charge is -2.29. The zero-order valence-corrected chi connectivity index (χ0v) is 18.6. The Morgan fingerprint density at radius 2 is 1.85 bits per heavy atom. The monoisotopic (exact) mass is 501 g/mol. The Hall–Kier alpha value is -2.60. The van der Waals surface area contributed by atoms with E-state index in [9.17, 15) is 26.7 Å². The maximum atomic E-state index is 13.1.